The molecular formula is C23H31FN2O2Si. The number of ether oxygens (including phenoxy) is 1. The van der Waals surface area contributed by atoms with E-state index in [1.54, 1.807) is 0 Å². The summed E-state index contributed by atoms with van der Waals surface area (Å²) in [6.45, 7) is 12.8. The molecule has 0 radical (unpaired) electrons. The van der Waals surface area contributed by atoms with Gasteiger partial charge in [-0.15, -0.1) is 0 Å². The minimum Gasteiger partial charge on any atom is -0.474 e. The number of nitrogens with zero attached hydrogens (tertiary/aromatic N) is 1. The fourth-order valence-corrected chi connectivity index (χ4v) is 5.19. The number of hydrogen-bond acceptors (Lipinski definition) is 4. The summed E-state index contributed by atoms with van der Waals surface area (Å²) in [6, 6.07) is 8.87. The number of fused-ring (bicyclic) bond motifs is 1. The van der Waals surface area contributed by atoms with Crippen molar-refractivity contribution in [2.75, 3.05) is 18.5 Å². The van der Waals surface area contributed by atoms with Crippen LogP contribution in [0.2, 0.25) is 18.1 Å². The van der Waals surface area contributed by atoms with E-state index in [4.69, 9.17) is 14.1 Å². The minimum absolute atomic E-state index is 0.131. The van der Waals surface area contributed by atoms with Crippen molar-refractivity contribution in [1.29, 1.82) is 0 Å². The molecule has 0 saturated heterocycles. The third kappa shape index (κ3) is 4.05. The average Bonchev–Trinajstić information content (AvgIpc) is 3.42. The predicted molar refractivity (Wildman–Crippen MR) is 117 cm³/mol. The van der Waals surface area contributed by atoms with Crippen LogP contribution in [0.4, 0.5) is 10.1 Å². The number of halogens is 1. The Labute approximate surface area is 174 Å². The van der Waals surface area contributed by atoms with Gasteiger partial charge in [0.1, 0.15) is 12.4 Å². The van der Waals surface area contributed by atoms with Crippen molar-refractivity contribution in [3.63, 3.8) is 0 Å². The molecule has 1 aromatic heterocycles. The molecule has 1 N–H and O–H groups in total. The highest BCUT2D eigenvalue weighted by Gasteiger charge is 2.54. The number of aromatic nitrogens is 1. The van der Waals surface area contributed by atoms with Gasteiger partial charge in [0.15, 0.2) is 8.32 Å². The second kappa shape index (κ2) is 7.09. The molecule has 0 bridgehead atoms. The second-order valence-corrected chi connectivity index (χ2v) is 14.5. The van der Waals surface area contributed by atoms with Crippen molar-refractivity contribution >= 4 is 14.0 Å². The highest BCUT2D eigenvalue weighted by molar-refractivity contribution is 6.74. The van der Waals surface area contributed by atoms with Gasteiger partial charge >= 0.3 is 0 Å². The summed E-state index contributed by atoms with van der Waals surface area (Å²) in [5.41, 5.74) is 3.79. The largest absolute Gasteiger partial charge is 0.474 e. The monoisotopic (exact) mass is 414 g/mol. The summed E-state index contributed by atoms with van der Waals surface area (Å²) < 4.78 is 26.1. The number of rotatable bonds is 5. The van der Waals surface area contributed by atoms with Gasteiger partial charge in [0.25, 0.3) is 0 Å². The lowest BCUT2D eigenvalue weighted by Gasteiger charge is -2.40. The predicted octanol–water partition coefficient (Wildman–Crippen LogP) is 5.63. The molecule has 6 heteroatoms. The maximum atomic E-state index is 13.4. The van der Waals surface area contributed by atoms with Crippen LogP contribution in [0.1, 0.15) is 50.4 Å². The van der Waals surface area contributed by atoms with Gasteiger partial charge in [-0.25, -0.2) is 9.37 Å². The van der Waals surface area contributed by atoms with E-state index < -0.39 is 8.32 Å². The van der Waals surface area contributed by atoms with Crippen LogP contribution in [0.5, 0.6) is 5.88 Å². The van der Waals surface area contributed by atoms with Gasteiger partial charge < -0.3 is 14.5 Å². The van der Waals surface area contributed by atoms with Gasteiger partial charge in [0.05, 0.1) is 17.0 Å². The van der Waals surface area contributed by atoms with Crippen LogP contribution >= 0.6 is 0 Å². The minimum atomic E-state index is -1.96. The van der Waals surface area contributed by atoms with Crippen LogP contribution in [0.15, 0.2) is 30.3 Å². The Kier molecular flexibility index (Phi) is 4.98. The van der Waals surface area contributed by atoms with E-state index >= 15 is 0 Å². The lowest BCUT2D eigenvalue weighted by Crippen LogP contribution is -2.44. The average molecular weight is 415 g/mol. The normalized spacial score (nSPS) is 17.9. The summed E-state index contributed by atoms with van der Waals surface area (Å²) in [6.07, 6.45) is 2.66. The Hall–Kier alpha value is -1.92. The molecule has 4 rings (SSSR count). The lowest BCUT2D eigenvalue weighted by atomic mass is 9.99. The van der Waals surface area contributed by atoms with E-state index in [1.807, 2.05) is 12.1 Å². The molecule has 0 atom stereocenters. The molecule has 2 aromatic rings. The number of pyridine rings is 1. The van der Waals surface area contributed by atoms with Gasteiger partial charge in [-0.1, -0.05) is 32.9 Å². The molecule has 1 saturated carbocycles. The van der Waals surface area contributed by atoms with Crippen LogP contribution in [0, 0.1) is 5.82 Å². The number of nitrogens with one attached hydrogen (secondary N) is 1. The zero-order valence-electron chi connectivity index (χ0n) is 18.1. The molecule has 0 spiro atoms. The number of hydrogen-bond donors (Lipinski definition) is 1. The van der Waals surface area contributed by atoms with Crippen molar-refractivity contribution < 1.29 is 13.6 Å². The van der Waals surface area contributed by atoms with Gasteiger partial charge in [0, 0.05) is 6.54 Å². The zero-order chi connectivity index (χ0) is 20.9. The van der Waals surface area contributed by atoms with Crippen LogP contribution < -0.4 is 10.1 Å². The summed E-state index contributed by atoms with van der Waals surface area (Å²) in [7, 11) is -1.96. The van der Waals surface area contributed by atoms with Crippen LogP contribution in [-0.4, -0.2) is 26.5 Å². The Morgan fingerprint density at radius 3 is 2.52 bits per heavy atom. The molecule has 1 aromatic carbocycles. The molecule has 29 heavy (non-hydrogen) atoms. The Balaban J connectivity index is 1.74. The standard InChI is InChI=1S/C23H31FN2O2Si/c1-22(2,3)29(4,5)28-23(10-11-23)20-17(14-16-6-8-18(24)9-7-16)15-19-21(26-20)27-13-12-25-19/h6-9,15,25H,10-14H2,1-5H3. The first-order valence-electron chi connectivity index (χ1n) is 10.5. The van der Waals surface area contributed by atoms with Crippen molar-refractivity contribution in [3.8, 4) is 5.88 Å². The SMILES string of the molecule is CC(C)(C)[Si](C)(C)OC1(c2nc3c(cc2Cc2ccc(F)cc2)NCCO3)CC1. The quantitative estimate of drug-likeness (QED) is 0.644. The summed E-state index contributed by atoms with van der Waals surface area (Å²) in [5.74, 6) is 0.451. The smallest absolute Gasteiger partial charge is 0.237 e. The Bertz CT molecular complexity index is 902. The third-order valence-electron chi connectivity index (χ3n) is 6.42. The first kappa shape index (κ1) is 20.4. The van der Waals surface area contributed by atoms with E-state index in [-0.39, 0.29) is 16.5 Å². The summed E-state index contributed by atoms with van der Waals surface area (Å²) >= 11 is 0. The van der Waals surface area contributed by atoms with Crippen LogP contribution in [0.3, 0.4) is 0 Å². The maximum Gasteiger partial charge on any atom is 0.237 e. The topological polar surface area (TPSA) is 43.4 Å². The van der Waals surface area contributed by atoms with E-state index in [0.717, 1.165) is 41.9 Å². The van der Waals surface area contributed by atoms with Gasteiger partial charge in [-0.3, -0.25) is 0 Å². The summed E-state index contributed by atoms with van der Waals surface area (Å²) in [4.78, 5) is 4.97. The van der Waals surface area contributed by atoms with E-state index in [1.165, 1.54) is 12.1 Å². The molecular weight excluding hydrogens is 383 g/mol. The van der Waals surface area contributed by atoms with E-state index in [2.05, 4.69) is 45.2 Å². The van der Waals surface area contributed by atoms with Crippen LogP contribution in [0.25, 0.3) is 0 Å². The Morgan fingerprint density at radius 2 is 1.90 bits per heavy atom. The molecule has 0 unspecified atom stereocenters. The highest BCUT2D eigenvalue weighted by atomic mass is 28.4. The fourth-order valence-electron chi connectivity index (χ4n) is 3.60. The first-order valence-corrected chi connectivity index (χ1v) is 13.4. The van der Waals surface area contributed by atoms with Crippen molar-refractivity contribution in [3.05, 3.63) is 53.0 Å². The molecule has 2 heterocycles. The summed E-state index contributed by atoms with van der Waals surface area (Å²) in [5, 5.41) is 3.52. The molecule has 1 aliphatic carbocycles. The third-order valence-corrected chi connectivity index (χ3v) is 10.9. The van der Waals surface area contributed by atoms with Crippen molar-refractivity contribution in [2.24, 2.45) is 0 Å². The highest BCUT2D eigenvalue weighted by Crippen LogP contribution is 2.55. The lowest BCUT2D eigenvalue weighted by molar-refractivity contribution is 0.152. The van der Waals surface area contributed by atoms with E-state index in [9.17, 15) is 4.39 Å². The van der Waals surface area contributed by atoms with Crippen LogP contribution in [-0.2, 0) is 16.4 Å². The maximum absolute atomic E-state index is 13.4. The molecule has 1 aliphatic heterocycles. The molecule has 4 nitrogen and oxygen atoms in total. The Morgan fingerprint density at radius 1 is 1.21 bits per heavy atom. The zero-order valence-corrected chi connectivity index (χ0v) is 19.1. The number of benzene rings is 1. The molecule has 2 aliphatic rings. The van der Waals surface area contributed by atoms with E-state index in [0.29, 0.717) is 18.9 Å². The first-order chi connectivity index (χ1) is 13.6. The molecule has 0 amide bonds. The fraction of sp³-hybridized carbons (Fsp3) is 0.522. The number of anilines is 1. The second-order valence-electron chi connectivity index (χ2n) is 9.78. The van der Waals surface area contributed by atoms with Crippen molar-refractivity contribution in [2.45, 2.75) is 63.8 Å². The molecule has 156 valence electrons. The van der Waals surface area contributed by atoms with Gasteiger partial charge in [-0.05, 0) is 66.7 Å². The van der Waals surface area contributed by atoms with Crippen molar-refractivity contribution in [1.82, 2.24) is 4.98 Å². The van der Waals surface area contributed by atoms with Gasteiger partial charge in [0.2, 0.25) is 5.88 Å². The van der Waals surface area contributed by atoms with Gasteiger partial charge in [-0.2, -0.15) is 0 Å². The molecule has 1 fully saturated rings.